The van der Waals surface area contributed by atoms with E-state index in [2.05, 4.69) is 20.3 Å². The van der Waals surface area contributed by atoms with Crippen LogP contribution >= 0.6 is 0 Å². The number of aromatic amines is 1. The number of nitriles is 1. The Morgan fingerprint density at radius 3 is 3.00 bits per heavy atom. The lowest BCUT2D eigenvalue weighted by atomic mass is 10.4. The molecule has 2 N–H and O–H groups in total. The van der Waals surface area contributed by atoms with Crippen LogP contribution in [-0.4, -0.2) is 22.0 Å². The molecule has 0 aromatic carbocycles. The highest BCUT2D eigenvalue weighted by Crippen LogP contribution is 2.16. The minimum Gasteiger partial charge on any atom is -0.364 e. The Morgan fingerprint density at radius 1 is 1.50 bits per heavy atom. The number of rotatable bonds is 4. The molecule has 0 saturated carbocycles. The number of H-pyrrole nitrogens is 1. The van der Waals surface area contributed by atoms with Gasteiger partial charge in [-0.05, 0) is 19.1 Å². The van der Waals surface area contributed by atoms with Gasteiger partial charge in [0.25, 0.3) is 0 Å². The summed E-state index contributed by atoms with van der Waals surface area (Å²) in [6.07, 6.45) is 3.74. The Bertz CT molecular complexity index is 554. The SMILES string of the molecule is Cc1nc(NC#N)cc(N(C)Cc2ccc[nH]2)n1. The molecule has 2 heterocycles. The molecule has 6 nitrogen and oxygen atoms in total. The molecule has 0 saturated heterocycles. The fourth-order valence-electron chi connectivity index (χ4n) is 1.67. The zero-order valence-corrected chi connectivity index (χ0v) is 10.3. The second-order valence-corrected chi connectivity index (χ2v) is 3.95. The fourth-order valence-corrected chi connectivity index (χ4v) is 1.67. The van der Waals surface area contributed by atoms with Gasteiger partial charge in [-0.1, -0.05) is 0 Å². The molecule has 2 aromatic heterocycles. The molecular formula is C12H14N6. The molecule has 2 rings (SSSR count). The van der Waals surface area contributed by atoms with Crippen molar-refractivity contribution in [3.63, 3.8) is 0 Å². The van der Waals surface area contributed by atoms with Crippen molar-refractivity contribution in [1.29, 1.82) is 5.26 Å². The Kier molecular flexibility index (Phi) is 3.44. The van der Waals surface area contributed by atoms with Gasteiger partial charge in [-0.25, -0.2) is 9.97 Å². The van der Waals surface area contributed by atoms with Gasteiger partial charge in [-0.3, -0.25) is 5.32 Å². The van der Waals surface area contributed by atoms with Crippen LogP contribution in [0.25, 0.3) is 0 Å². The van der Waals surface area contributed by atoms with Crippen LogP contribution in [0.1, 0.15) is 11.5 Å². The maximum absolute atomic E-state index is 8.61. The molecule has 92 valence electrons. The van der Waals surface area contributed by atoms with Crippen LogP contribution in [0.2, 0.25) is 0 Å². The monoisotopic (exact) mass is 242 g/mol. The summed E-state index contributed by atoms with van der Waals surface area (Å²) in [4.78, 5) is 13.6. The lowest BCUT2D eigenvalue weighted by Gasteiger charge is -2.18. The van der Waals surface area contributed by atoms with Crippen LogP contribution in [0.3, 0.4) is 0 Å². The molecule has 18 heavy (non-hydrogen) atoms. The zero-order valence-electron chi connectivity index (χ0n) is 10.3. The number of aryl methyl sites for hydroxylation is 1. The number of hydrogen-bond donors (Lipinski definition) is 2. The molecule has 2 aromatic rings. The highest BCUT2D eigenvalue weighted by molar-refractivity contribution is 5.50. The van der Waals surface area contributed by atoms with E-state index < -0.39 is 0 Å². The van der Waals surface area contributed by atoms with Gasteiger partial charge in [0.15, 0.2) is 6.19 Å². The summed E-state index contributed by atoms with van der Waals surface area (Å²) in [5, 5.41) is 11.1. The summed E-state index contributed by atoms with van der Waals surface area (Å²) >= 11 is 0. The van der Waals surface area contributed by atoms with E-state index in [0.717, 1.165) is 18.1 Å². The van der Waals surface area contributed by atoms with Gasteiger partial charge in [0.05, 0.1) is 6.54 Å². The van der Waals surface area contributed by atoms with E-state index in [1.165, 1.54) is 0 Å². The Labute approximate surface area is 105 Å². The molecule has 0 fully saturated rings. The number of anilines is 2. The summed E-state index contributed by atoms with van der Waals surface area (Å²) in [6, 6.07) is 5.72. The molecule has 0 bridgehead atoms. The van der Waals surface area contributed by atoms with Gasteiger partial charge in [-0.2, -0.15) is 5.26 Å². The van der Waals surface area contributed by atoms with Crippen LogP contribution in [0, 0.1) is 18.4 Å². The van der Waals surface area contributed by atoms with Crippen LogP contribution in [-0.2, 0) is 6.54 Å². The van der Waals surface area contributed by atoms with Crippen molar-refractivity contribution in [3.8, 4) is 6.19 Å². The first-order valence-electron chi connectivity index (χ1n) is 5.53. The van der Waals surface area contributed by atoms with Crippen molar-refractivity contribution in [2.75, 3.05) is 17.3 Å². The molecule has 0 spiro atoms. The van der Waals surface area contributed by atoms with Crippen molar-refractivity contribution in [3.05, 3.63) is 35.9 Å². The average molecular weight is 242 g/mol. The highest BCUT2D eigenvalue weighted by atomic mass is 15.2. The van der Waals surface area contributed by atoms with Gasteiger partial charge >= 0.3 is 0 Å². The molecule has 0 unspecified atom stereocenters. The van der Waals surface area contributed by atoms with Crippen molar-refractivity contribution < 1.29 is 0 Å². The lowest BCUT2D eigenvalue weighted by molar-refractivity contribution is 0.861. The molecule has 0 aliphatic rings. The predicted molar refractivity (Wildman–Crippen MR) is 68.9 cm³/mol. The van der Waals surface area contributed by atoms with Crippen molar-refractivity contribution in [1.82, 2.24) is 15.0 Å². The maximum Gasteiger partial charge on any atom is 0.182 e. The average Bonchev–Trinajstić information content (AvgIpc) is 2.81. The Hall–Kier alpha value is -2.55. The molecule has 0 amide bonds. The third-order valence-corrected chi connectivity index (χ3v) is 2.47. The third-order valence-electron chi connectivity index (χ3n) is 2.47. The Morgan fingerprint density at radius 2 is 2.33 bits per heavy atom. The number of hydrogen-bond acceptors (Lipinski definition) is 5. The predicted octanol–water partition coefficient (Wildman–Crippen LogP) is 1.64. The van der Waals surface area contributed by atoms with Crippen LogP contribution in [0.4, 0.5) is 11.6 Å². The minimum absolute atomic E-state index is 0.512. The molecule has 0 aliphatic carbocycles. The van der Waals surface area contributed by atoms with Crippen LogP contribution < -0.4 is 10.2 Å². The molecule has 0 radical (unpaired) electrons. The van der Waals surface area contributed by atoms with E-state index in [1.54, 1.807) is 13.0 Å². The van der Waals surface area contributed by atoms with Crippen LogP contribution in [0.15, 0.2) is 24.4 Å². The van der Waals surface area contributed by atoms with E-state index in [0.29, 0.717) is 11.6 Å². The normalized spacial score (nSPS) is 9.83. The summed E-state index contributed by atoms with van der Waals surface area (Å²) in [6.45, 7) is 2.52. The van der Waals surface area contributed by atoms with Gasteiger partial charge in [0.2, 0.25) is 0 Å². The second kappa shape index (κ2) is 5.19. The largest absolute Gasteiger partial charge is 0.364 e. The number of aromatic nitrogens is 3. The van der Waals surface area contributed by atoms with Gasteiger partial charge in [-0.15, -0.1) is 0 Å². The van der Waals surface area contributed by atoms with E-state index in [1.807, 2.05) is 36.5 Å². The smallest absolute Gasteiger partial charge is 0.182 e. The topological polar surface area (TPSA) is 80.6 Å². The summed E-state index contributed by atoms with van der Waals surface area (Å²) < 4.78 is 0. The van der Waals surface area contributed by atoms with Crippen molar-refractivity contribution in [2.24, 2.45) is 0 Å². The van der Waals surface area contributed by atoms with Gasteiger partial charge in [0, 0.05) is 25.0 Å². The first-order chi connectivity index (χ1) is 8.69. The molecule has 6 heteroatoms. The molecular weight excluding hydrogens is 228 g/mol. The van der Waals surface area contributed by atoms with Gasteiger partial charge < -0.3 is 9.88 Å². The summed E-state index contributed by atoms with van der Waals surface area (Å²) in [5.74, 6) is 1.91. The first kappa shape index (κ1) is 11.9. The fraction of sp³-hybridized carbons (Fsp3) is 0.250. The first-order valence-corrected chi connectivity index (χ1v) is 5.53. The maximum atomic E-state index is 8.61. The third kappa shape index (κ3) is 2.77. The summed E-state index contributed by atoms with van der Waals surface area (Å²) in [7, 11) is 1.94. The molecule has 0 atom stereocenters. The quantitative estimate of drug-likeness (QED) is 0.629. The van der Waals surface area contributed by atoms with E-state index in [9.17, 15) is 0 Å². The second-order valence-electron chi connectivity index (χ2n) is 3.95. The van der Waals surface area contributed by atoms with Crippen molar-refractivity contribution >= 4 is 11.6 Å². The Balaban J connectivity index is 2.19. The van der Waals surface area contributed by atoms with Crippen LogP contribution in [0.5, 0.6) is 0 Å². The van der Waals surface area contributed by atoms with Gasteiger partial charge in [0.1, 0.15) is 17.5 Å². The lowest BCUT2D eigenvalue weighted by Crippen LogP contribution is -2.18. The van der Waals surface area contributed by atoms with E-state index in [4.69, 9.17) is 5.26 Å². The summed E-state index contributed by atoms with van der Waals surface area (Å²) in [5.41, 5.74) is 1.10. The standard InChI is InChI=1S/C12H14N6/c1-9-16-11(15-8-13)6-12(17-9)18(2)7-10-4-3-5-14-10/h3-6,14H,7H2,1-2H3,(H,15,16,17). The minimum atomic E-state index is 0.512. The number of nitrogens with zero attached hydrogens (tertiary/aromatic N) is 4. The van der Waals surface area contributed by atoms with Crippen molar-refractivity contribution in [2.45, 2.75) is 13.5 Å². The molecule has 0 aliphatic heterocycles. The van der Waals surface area contributed by atoms with E-state index in [-0.39, 0.29) is 0 Å². The van der Waals surface area contributed by atoms with E-state index >= 15 is 0 Å². The zero-order chi connectivity index (χ0) is 13.0. The number of nitrogens with one attached hydrogen (secondary N) is 2. The highest BCUT2D eigenvalue weighted by Gasteiger charge is 2.07.